The largest absolute Gasteiger partial charge is 0.507 e. The minimum Gasteiger partial charge on any atom is -0.507 e. The maximum absolute atomic E-state index is 12.4. The summed E-state index contributed by atoms with van der Waals surface area (Å²) in [5.74, 6) is -0.198. The summed E-state index contributed by atoms with van der Waals surface area (Å²) in [5.41, 5.74) is 0. The van der Waals surface area contributed by atoms with Gasteiger partial charge in [0.25, 0.3) is 0 Å². The molecule has 2 bridgehead atoms. The average Bonchev–Trinajstić information content (AvgIpc) is 2.68. The first kappa shape index (κ1) is 12.0. The van der Waals surface area contributed by atoms with Crippen LogP contribution < -0.4 is 0 Å². The number of phenols is 1. The second-order valence-electron chi connectivity index (χ2n) is 4.75. The zero-order valence-electron chi connectivity index (χ0n) is 9.82. The van der Waals surface area contributed by atoms with E-state index in [0.29, 0.717) is 13.1 Å². The van der Waals surface area contributed by atoms with Crippen LogP contribution in [0.2, 0.25) is 0 Å². The Balaban J connectivity index is 1.94. The number of nitrogens with zero attached hydrogens (tertiary/aromatic N) is 1. The number of ether oxygens (including phenoxy) is 1. The molecule has 2 heterocycles. The van der Waals surface area contributed by atoms with Gasteiger partial charge in [0.1, 0.15) is 10.6 Å². The van der Waals surface area contributed by atoms with Crippen LogP contribution in [0.3, 0.4) is 0 Å². The van der Waals surface area contributed by atoms with E-state index in [2.05, 4.69) is 0 Å². The van der Waals surface area contributed by atoms with Crippen molar-refractivity contribution in [2.24, 2.45) is 0 Å². The smallest absolute Gasteiger partial charge is 0.246 e. The van der Waals surface area contributed by atoms with E-state index < -0.39 is 10.0 Å². The van der Waals surface area contributed by atoms with Crippen LogP contribution in [-0.2, 0) is 14.8 Å². The number of rotatable bonds is 2. The molecule has 5 nitrogen and oxygen atoms in total. The van der Waals surface area contributed by atoms with Crippen molar-refractivity contribution < 1.29 is 18.3 Å². The van der Waals surface area contributed by atoms with Crippen LogP contribution in [0.5, 0.6) is 5.75 Å². The molecule has 0 radical (unpaired) electrons. The Kier molecular flexibility index (Phi) is 2.80. The number of aromatic hydroxyl groups is 1. The summed E-state index contributed by atoms with van der Waals surface area (Å²) >= 11 is 0. The van der Waals surface area contributed by atoms with Crippen molar-refractivity contribution in [1.82, 2.24) is 4.31 Å². The van der Waals surface area contributed by atoms with Crippen molar-refractivity contribution in [1.29, 1.82) is 0 Å². The number of fused-ring (bicyclic) bond motifs is 2. The van der Waals surface area contributed by atoms with Crippen LogP contribution in [0.4, 0.5) is 0 Å². The van der Waals surface area contributed by atoms with Crippen molar-refractivity contribution in [2.45, 2.75) is 29.9 Å². The normalized spacial score (nSPS) is 28.4. The van der Waals surface area contributed by atoms with Gasteiger partial charge in [0.15, 0.2) is 0 Å². The van der Waals surface area contributed by atoms with Gasteiger partial charge in [-0.3, -0.25) is 0 Å². The summed E-state index contributed by atoms with van der Waals surface area (Å²) in [5, 5.41) is 9.69. The van der Waals surface area contributed by atoms with Crippen LogP contribution in [0, 0.1) is 0 Å². The lowest BCUT2D eigenvalue weighted by molar-refractivity contribution is -0.0115. The summed E-state index contributed by atoms with van der Waals surface area (Å²) in [6.07, 6.45) is 1.84. The number of morpholine rings is 1. The van der Waals surface area contributed by atoms with Crippen molar-refractivity contribution in [3.05, 3.63) is 24.3 Å². The average molecular weight is 269 g/mol. The molecule has 98 valence electrons. The third kappa shape index (κ3) is 1.90. The van der Waals surface area contributed by atoms with Gasteiger partial charge < -0.3 is 9.84 Å². The molecule has 0 saturated carbocycles. The molecule has 6 heteroatoms. The molecule has 2 saturated heterocycles. The minimum atomic E-state index is -3.62. The molecule has 1 aromatic rings. The quantitative estimate of drug-likeness (QED) is 0.868. The van der Waals surface area contributed by atoms with E-state index in [9.17, 15) is 13.5 Å². The summed E-state index contributed by atoms with van der Waals surface area (Å²) in [4.78, 5) is -0.0219. The molecule has 2 atom stereocenters. The summed E-state index contributed by atoms with van der Waals surface area (Å²) in [6.45, 7) is 0.764. The number of benzene rings is 1. The highest BCUT2D eigenvalue weighted by molar-refractivity contribution is 7.89. The zero-order valence-corrected chi connectivity index (χ0v) is 10.6. The van der Waals surface area contributed by atoms with Gasteiger partial charge >= 0.3 is 0 Å². The van der Waals surface area contributed by atoms with Gasteiger partial charge in [-0.15, -0.1) is 0 Å². The van der Waals surface area contributed by atoms with E-state index >= 15 is 0 Å². The first-order valence-electron chi connectivity index (χ1n) is 6.01. The second kappa shape index (κ2) is 4.22. The Morgan fingerprint density at radius 2 is 1.78 bits per heavy atom. The molecular formula is C12H15NO4S. The monoisotopic (exact) mass is 269 g/mol. The number of phenolic OH excluding ortho intramolecular Hbond substituents is 1. The van der Waals surface area contributed by atoms with Gasteiger partial charge in [0, 0.05) is 13.1 Å². The standard InChI is InChI=1S/C12H15NO4S/c14-11-3-1-2-4-12(11)18(15,16)13-7-9-5-6-10(8-13)17-9/h1-4,9-10,14H,5-8H2. The Labute approximate surface area is 106 Å². The minimum absolute atomic E-state index is 0.00406. The number of hydrogen-bond donors (Lipinski definition) is 1. The Bertz CT molecular complexity index is 545. The molecule has 2 fully saturated rings. The first-order chi connectivity index (χ1) is 8.57. The Hall–Kier alpha value is -1.11. The first-order valence-corrected chi connectivity index (χ1v) is 7.45. The Morgan fingerprint density at radius 1 is 1.17 bits per heavy atom. The van der Waals surface area contributed by atoms with E-state index in [4.69, 9.17) is 4.74 Å². The van der Waals surface area contributed by atoms with Crippen LogP contribution in [-0.4, -0.2) is 43.1 Å². The van der Waals surface area contributed by atoms with E-state index in [1.807, 2.05) is 0 Å². The third-order valence-corrected chi connectivity index (χ3v) is 5.37. The van der Waals surface area contributed by atoms with E-state index in [0.717, 1.165) is 12.8 Å². The molecule has 1 aromatic carbocycles. The SMILES string of the molecule is O=S(=O)(c1ccccc1O)N1CC2CCC(C1)O2. The zero-order chi connectivity index (χ0) is 12.8. The van der Waals surface area contributed by atoms with Crippen molar-refractivity contribution in [2.75, 3.05) is 13.1 Å². The topological polar surface area (TPSA) is 66.8 Å². The van der Waals surface area contributed by atoms with Crippen molar-refractivity contribution in [3.8, 4) is 5.75 Å². The van der Waals surface area contributed by atoms with Gasteiger partial charge in [-0.05, 0) is 25.0 Å². The molecule has 0 spiro atoms. The van der Waals surface area contributed by atoms with E-state index in [1.165, 1.54) is 16.4 Å². The molecule has 1 N–H and O–H groups in total. The van der Waals surface area contributed by atoms with E-state index in [1.54, 1.807) is 12.1 Å². The lowest BCUT2D eigenvalue weighted by Crippen LogP contribution is -2.45. The second-order valence-corrected chi connectivity index (χ2v) is 6.65. The molecule has 18 heavy (non-hydrogen) atoms. The highest BCUT2D eigenvalue weighted by Gasteiger charge is 2.39. The van der Waals surface area contributed by atoms with Crippen LogP contribution in [0.15, 0.2) is 29.2 Å². The van der Waals surface area contributed by atoms with Crippen LogP contribution in [0.25, 0.3) is 0 Å². The van der Waals surface area contributed by atoms with Gasteiger partial charge in [-0.2, -0.15) is 4.31 Å². The van der Waals surface area contributed by atoms with Crippen molar-refractivity contribution in [3.63, 3.8) is 0 Å². The van der Waals surface area contributed by atoms with Crippen LogP contribution in [0.1, 0.15) is 12.8 Å². The van der Waals surface area contributed by atoms with Gasteiger partial charge in [-0.1, -0.05) is 12.1 Å². The highest BCUT2D eigenvalue weighted by atomic mass is 32.2. The number of para-hydroxylation sites is 1. The lowest BCUT2D eigenvalue weighted by Gasteiger charge is -2.31. The molecule has 0 amide bonds. The number of hydrogen-bond acceptors (Lipinski definition) is 4. The lowest BCUT2D eigenvalue weighted by atomic mass is 10.2. The third-order valence-electron chi connectivity index (χ3n) is 3.49. The van der Waals surface area contributed by atoms with Gasteiger partial charge in [-0.25, -0.2) is 8.42 Å². The van der Waals surface area contributed by atoms with E-state index in [-0.39, 0.29) is 22.9 Å². The summed E-state index contributed by atoms with van der Waals surface area (Å²) in [6, 6.07) is 6.04. The number of sulfonamides is 1. The molecule has 2 aliphatic heterocycles. The van der Waals surface area contributed by atoms with Gasteiger partial charge in [0.2, 0.25) is 10.0 Å². The van der Waals surface area contributed by atoms with Crippen molar-refractivity contribution >= 4 is 10.0 Å². The predicted molar refractivity (Wildman–Crippen MR) is 64.8 cm³/mol. The fourth-order valence-corrected chi connectivity index (χ4v) is 4.17. The summed E-state index contributed by atoms with van der Waals surface area (Å²) in [7, 11) is -3.62. The molecule has 0 aliphatic carbocycles. The molecular weight excluding hydrogens is 254 g/mol. The van der Waals surface area contributed by atoms with Crippen LogP contribution >= 0.6 is 0 Å². The fourth-order valence-electron chi connectivity index (χ4n) is 2.59. The van der Waals surface area contributed by atoms with Gasteiger partial charge in [0.05, 0.1) is 12.2 Å². The highest BCUT2D eigenvalue weighted by Crippen LogP contribution is 2.32. The molecule has 2 aliphatic rings. The predicted octanol–water partition coefficient (Wildman–Crippen LogP) is 0.944. The maximum atomic E-state index is 12.4. The maximum Gasteiger partial charge on any atom is 0.246 e. The summed E-state index contributed by atoms with van der Waals surface area (Å²) < 4.78 is 31.9. The Morgan fingerprint density at radius 3 is 2.39 bits per heavy atom. The fraction of sp³-hybridized carbons (Fsp3) is 0.500. The molecule has 3 rings (SSSR count). The molecule has 0 aromatic heterocycles. The molecule has 2 unspecified atom stereocenters.